The molecule has 0 aromatic rings. The molecule has 0 aromatic carbocycles. The van der Waals surface area contributed by atoms with E-state index in [1.54, 1.807) is 0 Å². The summed E-state index contributed by atoms with van der Waals surface area (Å²) in [4.78, 5) is 0. The first-order chi connectivity index (χ1) is 4.41. The third-order valence-electron chi connectivity index (χ3n) is 1.23. The van der Waals surface area contributed by atoms with Crippen LogP contribution in [0.3, 0.4) is 0 Å². The second kappa shape index (κ2) is 9.24. The Morgan fingerprint density at radius 2 is 2.22 bits per heavy atom. The Kier molecular flexibility index (Phi) is 10.5. The Bertz CT molecular complexity index is 71.3. The molecule has 0 aliphatic carbocycles. The van der Waals surface area contributed by atoms with Crippen LogP contribution < -0.4 is 0 Å². The van der Waals surface area contributed by atoms with Gasteiger partial charge in [-0.15, -0.1) is 6.08 Å². The van der Waals surface area contributed by atoms with Crippen LogP contribution in [0.5, 0.6) is 0 Å². The Morgan fingerprint density at radius 3 is 2.78 bits per heavy atom. The zero-order chi connectivity index (χ0) is 6.95. The first kappa shape index (κ1) is 10.2. The van der Waals surface area contributed by atoms with E-state index in [-0.39, 0.29) is 16.5 Å². The maximum Gasteiger partial charge on any atom is 0.493 e. The average Bonchev–Trinajstić information content (AvgIpc) is 1.89. The minimum atomic E-state index is 0.169. The third-order valence-corrected chi connectivity index (χ3v) is 3.27. The second-order valence-electron chi connectivity index (χ2n) is 2.12. The molecule has 0 aromatic heterocycles. The van der Waals surface area contributed by atoms with Crippen LogP contribution in [-0.4, -0.2) is 16.5 Å². The van der Waals surface area contributed by atoms with Gasteiger partial charge in [0.25, 0.3) is 0 Å². The van der Waals surface area contributed by atoms with Crippen molar-refractivity contribution in [2.75, 3.05) is 0 Å². The molecule has 9 heavy (non-hydrogen) atoms. The van der Waals surface area contributed by atoms with Gasteiger partial charge in [0, 0.05) is 0 Å². The fraction of sp³-hybridized carbons (Fsp3) is 0.714. The normalized spacial score (nSPS) is 10.0. The Morgan fingerprint density at radius 1 is 1.44 bits per heavy atom. The minimum absolute atomic E-state index is 0.169. The lowest BCUT2D eigenvalue weighted by Crippen LogP contribution is -1.71. The third kappa shape index (κ3) is 9.24. The van der Waals surface area contributed by atoms with E-state index in [2.05, 4.69) is 36.1 Å². The van der Waals surface area contributed by atoms with E-state index in [0.29, 0.717) is 0 Å². The minimum Gasteiger partial charge on any atom is -0.292 e. The van der Waals surface area contributed by atoms with Crippen LogP contribution in [0, 0.1) is 0 Å². The van der Waals surface area contributed by atoms with Crippen molar-refractivity contribution in [3.8, 4) is 0 Å². The summed E-state index contributed by atoms with van der Waals surface area (Å²) in [5.74, 6) is 0. The van der Waals surface area contributed by atoms with E-state index in [1.165, 1.54) is 25.7 Å². The lowest BCUT2D eigenvalue weighted by Gasteiger charge is -1.89. The van der Waals surface area contributed by atoms with Gasteiger partial charge in [0.15, 0.2) is 0 Å². The second-order valence-corrected chi connectivity index (χ2v) is 5.54. The summed E-state index contributed by atoms with van der Waals surface area (Å²) in [5, 5.41) is 0. The van der Waals surface area contributed by atoms with Gasteiger partial charge in [0.1, 0.15) is 0 Å². The zero-order valence-corrected chi connectivity index (χ0v) is 9.64. The van der Waals surface area contributed by atoms with Crippen molar-refractivity contribution < 1.29 is 0 Å². The summed E-state index contributed by atoms with van der Waals surface area (Å²) >= 11 is 2.67. The van der Waals surface area contributed by atoms with E-state index < -0.39 is 0 Å². The molecule has 0 atom stereocenters. The lowest BCUT2D eigenvalue weighted by atomic mass is 10.2. The fourth-order valence-corrected chi connectivity index (χ4v) is 2.13. The van der Waals surface area contributed by atoms with Gasteiger partial charge in [-0.1, -0.05) is 19.8 Å². The van der Waals surface area contributed by atoms with E-state index >= 15 is 0 Å². The molecule has 0 unspecified atom stereocenters. The molecule has 0 spiro atoms. The molecule has 0 nitrogen and oxygen atoms in total. The van der Waals surface area contributed by atoms with Crippen LogP contribution in [-0.2, 0) is 0 Å². The summed E-state index contributed by atoms with van der Waals surface area (Å²) < 4.78 is 2.37. The summed E-state index contributed by atoms with van der Waals surface area (Å²) in [5.41, 5.74) is 0. The molecule has 0 aliphatic heterocycles. The SMILES string of the molecule is CCCCCC=[CH][Mg][I]. The molecule has 0 rings (SSSR count). The highest BCUT2D eigenvalue weighted by Gasteiger charge is 1.81. The van der Waals surface area contributed by atoms with Crippen LogP contribution in [0.1, 0.15) is 32.6 Å². The van der Waals surface area contributed by atoms with Crippen LogP contribution >= 0.6 is 18.9 Å². The van der Waals surface area contributed by atoms with Gasteiger partial charge in [-0.05, 0) is 12.8 Å². The monoisotopic (exact) mass is 248 g/mol. The quantitative estimate of drug-likeness (QED) is 0.398. The van der Waals surface area contributed by atoms with Gasteiger partial charge in [-0.25, -0.2) is 0 Å². The van der Waals surface area contributed by atoms with Gasteiger partial charge in [0.05, 0.1) is 0 Å². The molecule has 0 N–H and O–H groups in total. The average molecular weight is 248 g/mol. The highest BCUT2D eigenvalue weighted by atomic mass is 127. The van der Waals surface area contributed by atoms with Gasteiger partial charge < -0.3 is 0 Å². The summed E-state index contributed by atoms with van der Waals surface area (Å²) in [6.45, 7) is 2.25. The molecular weight excluding hydrogens is 235 g/mol. The van der Waals surface area contributed by atoms with Gasteiger partial charge in [-0.3, -0.25) is 18.9 Å². The molecule has 0 heterocycles. The molecule has 0 amide bonds. The van der Waals surface area contributed by atoms with Gasteiger partial charge in [0.2, 0.25) is 0 Å². The number of allylic oxidation sites excluding steroid dienone is 1. The molecule has 0 bridgehead atoms. The molecule has 2 heteroatoms. The molecule has 0 aliphatic rings. The van der Waals surface area contributed by atoms with Crippen molar-refractivity contribution >= 4 is 35.3 Å². The van der Waals surface area contributed by atoms with Crippen molar-refractivity contribution in [3.05, 3.63) is 10.3 Å². The Hall–Kier alpha value is 1.24. The highest BCUT2D eigenvalue weighted by molar-refractivity contribution is 14.1. The van der Waals surface area contributed by atoms with E-state index in [9.17, 15) is 0 Å². The summed E-state index contributed by atoms with van der Waals surface area (Å²) in [6, 6.07) is 0. The smallest absolute Gasteiger partial charge is 0.292 e. The van der Waals surface area contributed by atoms with E-state index in [4.69, 9.17) is 0 Å². The van der Waals surface area contributed by atoms with Crippen molar-refractivity contribution in [1.29, 1.82) is 0 Å². The lowest BCUT2D eigenvalue weighted by molar-refractivity contribution is 0.729. The molecule has 0 fully saturated rings. The van der Waals surface area contributed by atoms with Crippen LogP contribution in [0.15, 0.2) is 10.3 Å². The van der Waals surface area contributed by atoms with Gasteiger partial charge in [-0.2, -0.15) is 4.21 Å². The maximum absolute atomic E-state index is 2.50. The Balaban J connectivity index is 2.82. The van der Waals surface area contributed by atoms with Gasteiger partial charge >= 0.3 is 16.5 Å². The zero-order valence-electron chi connectivity index (χ0n) is 6.07. The van der Waals surface area contributed by atoms with Crippen molar-refractivity contribution in [2.24, 2.45) is 0 Å². The molecule has 0 radical (unpaired) electrons. The Labute approximate surface area is 77.6 Å². The number of rotatable bonds is 5. The molecule has 50 valence electrons. The fourth-order valence-electron chi connectivity index (χ4n) is 0.693. The number of unbranched alkanes of at least 4 members (excludes halogenated alkanes) is 3. The van der Waals surface area contributed by atoms with Crippen LogP contribution in [0.4, 0.5) is 0 Å². The number of hydrogen-bond acceptors (Lipinski definition) is 0. The highest BCUT2D eigenvalue weighted by Crippen LogP contribution is 1.99. The molecular formula is C7H13IMg. The summed E-state index contributed by atoms with van der Waals surface area (Å²) in [6.07, 6.45) is 7.78. The predicted molar refractivity (Wildman–Crippen MR) is 53.1 cm³/mol. The van der Waals surface area contributed by atoms with Crippen LogP contribution in [0.2, 0.25) is 0 Å². The maximum atomic E-state index is 2.50. The summed E-state index contributed by atoms with van der Waals surface area (Å²) in [7, 11) is 0. The van der Waals surface area contributed by atoms with Crippen molar-refractivity contribution in [1.82, 2.24) is 0 Å². The van der Waals surface area contributed by atoms with E-state index in [0.717, 1.165) is 0 Å². The first-order valence-electron chi connectivity index (χ1n) is 3.62. The standard InChI is InChI=1S/C7H13.HI.Mg/c1-3-5-7-6-4-2;;/h1,3H,4-7H2,2H3;1H;/q;;+1/p-1. The van der Waals surface area contributed by atoms with E-state index in [1.807, 2.05) is 0 Å². The molecule has 0 saturated carbocycles. The van der Waals surface area contributed by atoms with Crippen molar-refractivity contribution in [3.63, 3.8) is 0 Å². The van der Waals surface area contributed by atoms with Crippen LogP contribution in [0.25, 0.3) is 0 Å². The molecule has 0 saturated heterocycles. The largest absolute Gasteiger partial charge is 0.493 e. The predicted octanol–water partition coefficient (Wildman–Crippen LogP) is 3.13. The number of hydrogen-bond donors (Lipinski definition) is 0. The number of halogens is 1. The topological polar surface area (TPSA) is 0 Å². The van der Waals surface area contributed by atoms with Crippen molar-refractivity contribution in [2.45, 2.75) is 32.6 Å². The first-order valence-corrected chi connectivity index (χ1v) is 9.55.